The third-order valence-electron chi connectivity index (χ3n) is 2.63. The van der Waals surface area contributed by atoms with Gasteiger partial charge in [-0.1, -0.05) is 11.8 Å². The van der Waals surface area contributed by atoms with Crippen LogP contribution in [-0.2, 0) is 4.79 Å². The van der Waals surface area contributed by atoms with Gasteiger partial charge in [0.25, 0.3) is 0 Å². The number of carbonyl (C=O) groups excluding carboxylic acids is 1. The van der Waals surface area contributed by atoms with E-state index in [4.69, 9.17) is 5.73 Å². The number of nitrogens with zero attached hydrogens (tertiary/aromatic N) is 1. The predicted octanol–water partition coefficient (Wildman–Crippen LogP) is 3.68. The third kappa shape index (κ3) is 4.44. The molecule has 0 radical (unpaired) electrons. The molecule has 1 aromatic carbocycles. The van der Waals surface area contributed by atoms with E-state index >= 15 is 0 Å². The number of rotatable bonds is 4. The number of hydrogen-bond donors (Lipinski definition) is 2. The summed E-state index contributed by atoms with van der Waals surface area (Å²) in [5, 5.41) is 3.10. The van der Waals surface area contributed by atoms with Crippen molar-refractivity contribution in [3.8, 4) is 0 Å². The number of nitrogens with two attached hydrogens (primary N) is 1. The predicted molar refractivity (Wildman–Crippen MR) is 86.7 cm³/mol. The number of thioether (sulfide) groups is 1. The lowest BCUT2D eigenvalue weighted by atomic mass is 10.2. The fraction of sp³-hybridized carbons (Fsp3) is 0.143. The minimum atomic E-state index is -0.505. The van der Waals surface area contributed by atoms with Crippen LogP contribution in [0, 0.1) is 5.82 Å². The molecule has 110 valence electrons. The second-order valence-corrected chi connectivity index (χ2v) is 6.58. The van der Waals surface area contributed by atoms with Crippen LogP contribution in [0.5, 0.6) is 0 Å². The van der Waals surface area contributed by atoms with Crippen LogP contribution < -0.4 is 11.1 Å². The molecule has 2 aromatic rings. The zero-order valence-corrected chi connectivity index (χ0v) is 13.5. The Labute approximate surface area is 134 Å². The molecule has 0 fully saturated rings. The standard InChI is InChI=1S/C14H13BrFN3OS/c1-8(21-13-5-2-9(15)7-18-13)14(20)19-10-3-4-11(16)12(17)6-10/h2-8H,17H2,1H3,(H,19,20). The van der Waals surface area contributed by atoms with Crippen LogP contribution in [-0.4, -0.2) is 16.1 Å². The van der Waals surface area contributed by atoms with Gasteiger partial charge in [0, 0.05) is 16.4 Å². The Morgan fingerprint density at radius 2 is 2.19 bits per heavy atom. The Morgan fingerprint density at radius 1 is 1.43 bits per heavy atom. The molecule has 1 heterocycles. The maximum atomic E-state index is 13.1. The van der Waals surface area contributed by atoms with Gasteiger partial charge in [0.05, 0.1) is 16.0 Å². The Morgan fingerprint density at radius 3 is 2.81 bits per heavy atom. The number of hydrogen-bond acceptors (Lipinski definition) is 4. The van der Waals surface area contributed by atoms with Crippen LogP contribution in [0.4, 0.5) is 15.8 Å². The highest BCUT2D eigenvalue weighted by atomic mass is 79.9. The minimum Gasteiger partial charge on any atom is -0.396 e. The zero-order valence-electron chi connectivity index (χ0n) is 11.1. The second-order valence-electron chi connectivity index (χ2n) is 4.30. The quantitative estimate of drug-likeness (QED) is 0.636. The number of aromatic nitrogens is 1. The fourth-order valence-corrected chi connectivity index (χ4v) is 2.55. The normalized spacial score (nSPS) is 12.0. The van der Waals surface area contributed by atoms with E-state index in [0.717, 1.165) is 9.50 Å². The van der Waals surface area contributed by atoms with E-state index in [9.17, 15) is 9.18 Å². The van der Waals surface area contributed by atoms with Crippen molar-refractivity contribution in [3.63, 3.8) is 0 Å². The van der Waals surface area contributed by atoms with Crippen LogP contribution in [0.2, 0.25) is 0 Å². The van der Waals surface area contributed by atoms with Gasteiger partial charge in [0.1, 0.15) is 5.82 Å². The molecule has 7 heteroatoms. The molecule has 0 aliphatic rings. The summed E-state index contributed by atoms with van der Waals surface area (Å²) in [6.07, 6.45) is 1.67. The molecule has 0 aliphatic carbocycles. The first-order chi connectivity index (χ1) is 9.95. The summed E-state index contributed by atoms with van der Waals surface area (Å²) in [5.74, 6) is -0.704. The first kappa shape index (κ1) is 15.8. The van der Waals surface area contributed by atoms with E-state index in [0.29, 0.717) is 5.69 Å². The smallest absolute Gasteiger partial charge is 0.237 e. The van der Waals surface area contributed by atoms with Crippen LogP contribution in [0.3, 0.4) is 0 Å². The van der Waals surface area contributed by atoms with Crippen LogP contribution in [0.25, 0.3) is 0 Å². The van der Waals surface area contributed by atoms with Crippen molar-refractivity contribution in [2.24, 2.45) is 0 Å². The molecule has 0 aliphatic heterocycles. The highest BCUT2D eigenvalue weighted by Crippen LogP contribution is 2.24. The number of pyridine rings is 1. The minimum absolute atomic E-state index is 0.00248. The van der Waals surface area contributed by atoms with E-state index in [-0.39, 0.29) is 16.8 Å². The van der Waals surface area contributed by atoms with Crippen molar-refractivity contribution in [1.82, 2.24) is 4.98 Å². The fourth-order valence-electron chi connectivity index (χ4n) is 1.53. The average molecular weight is 370 g/mol. The number of benzene rings is 1. The Hall–Kier alpha value is -1.60. The Kier molecular flexibility index (Phi) is 5.19. The zero-order chi connectivity index (χ0) is 15.4. The molecule has 0 bridgehead atoms. The monoisotopic (exact) mass is 369 g/mol. The van der Waals surface area contributed by atoms with Gasteiger partial charge >= 0.3 is 0 Å². The Bertz CT molecular complexity index is 651. The van der Waals surface area contributed by atoms with Crippen molar-refractivity contribution in [2.75, 3.05) is 11.1 Å². The SMILES string of the molecule is CC(Sc1ccc(Br)cn1)C(=O)Nc1ccc(F)c(N)c1. The molecule has 2 rings (SSSR count). The van der Waals surface area contributed by atoms with Crippen molar-refractivity contribution in [2.45, 2.75) is 17.2 Å². The summed E-state index contributed by atoms with van der Waals surface area (Å²) in [6.45, 7) is 1.77. The number of nitrogens with one attached hydrogen (secondary N) is 1. The number of nitrogen functional groups attached to an aromatic ring is 1. The number of halogens is 2. The molecule has 4 nitrogen and oxygen atoms in total. The van der Waals surface area contributed by atoms with Gasteiger partial charge in [-0.2, -0.15) is 0 Å². The van der Waals surface area contributed by atoms with E-state index in [1.807, 2.05) is 12.1 Å². The molecular formula is C14H13BrFN3OS. The van der Waals surface area contributed by atoms with Gasteiger partial charge in [-0.3, -0.25) is 4.79 Å². The molecule has 1 aromatic heterocycles. The van der Waals surface area contributed by atoms with E-state index in [2.05, 4.69) is 26.2 Å². The number of carbonyl (C=O) groups is 1. The van der Waals surface area contributed by atoms with Gasteiger partial charge in [0.15, 0.2) is 0 Å². The third-order valence-corrected chi connectivity index (χ3v) is 4.15. The summed E-state index contributed by atoms with van der Waals surface area (Å²) in [5.41, 5.74) is 5.93. The lowest BCUT2D eigenvalue weighted by Crippen LogP contribution is -2.22. The average Bonchev–Trinajstić information content (AvgIpc) is 2.45. The van der Waals surface area contributed by atoms with Gasteiger partial charge in [-0.05, 0) is 53.2 Å². The lowest BCUT2D eigenvalue weighted by Gasteiger charge is -2.12. The molecule has 0 spiro atoms. The van der Waals surface area contributed by atoms with Gasteiger partial charge < -0.3 is 11.1 Å². The second kappa shape index (κ2) is 6.91. The maximum absolute atomic E-state index is 13.1. The molecule has 21 heavy (non-hydrogen) atoms. The van der Waals surface area contributed by atoms with E-state index in [1.54, 1.807) is 13.1 Å². The largest absolute Gasteiger partial charge is 0.396 e. The van der Waals surface area contributed by atoms with Gasteiger partial charge in [-0.15, -0.1) is 0 Å². The Balaban J connectivity index is 1.98. The van der Waals surface area contributed by atoms with Crippen LogP contribution in [0.15, 0.2) is 46.0 Å². The summed E-state index contributed by atoms with van der Waals surface area (Å²) < 4.78 is 13.9. The number of amides is 1. The first-order valence-corrected chi connectivity index (χ1v) is 7.77. The number of anilines is 2. The summed E-state index contributed by atoms with van der Waals surface area (Å²) in [7, 11) is 0. The highest BCUT2D eigenvalue weighted by molar-refractivity contribution is 9.10. The van der Waals surface area contributed by atoms with E-state index < -0.39 is 5.82 Å². The first-order valence-electron chi connectivity index (χ1n) is 6.10. The molecule has 1 amide bonds. The highest BCUT2D eigenvalue weighted by Gasteiger charge is 2.15. The molecule has 0 saturated heterocycles. The van der Waals surface area contributed by atoms with E-state index in [1.165, 1.54) is 30.0 Å². The summed E-state index contributed by atoms with van der Waals surface area (Å²) in [6, 6.07) is 7.77. The summed E-state index contributed by atoms with van der Waals surface area (Å²) >= 11 is 4.64. The van der Waals surface area contributed by atoms with Crippen molar-refractivity contribution in [3.05, 3.63) is 46.8 Å². The molecule has 3 N–H and O–H groups in total. The van der Waals surface area contributed by atoms with Gasteiger partial charge in [-0.25, -0.2) is 9.37 Å². The van der Waals surface area contributed by atoms with Crippen LogP contribution in [0.1, 0.15) is 6.92 Å². The summed E-state index contributed by atoms with van der Waals surface area (Å²) in [4.78, 5) is 16.3. The van der Waals surface area contributed by atoms with Crippen LogP contribution >= 0.6 is 27.7 Å². The molecule has 1 atom stereocenters. The molecular weight excluding hydrogens is 357 g/mol. The lowest BCUT2D eigenvalue weighted by molar-refractivity contribution is -0.115. The maximum Gasteiger partial charge on any atom is 0.237 e. The van der Waals surface area contributed by atoms with Crippen molar-refractivity contribution in [1.29, 1.82) is 0 Å². The van der Waals surface area contributed by atoms with Gasteiger partial charge in [0.2, 0.25) is 5.91 Å². The van der Waals surface area contributed by atoms with Crippen molar-refractivity contribution < 1.29 is 9.18 Å². The van der Waals surface area contributed by atoms with Crippen molar-refractivity contribution >= 4 is 45.0 Å². The molecule has 1 unspecified atom stereocenters. The topological polar surface area (TPSA) is 68.0 Å². The molecule has 0 saturated carbocycles.